The van der Waals surface area contributed by atoms with E-state index in [0.717, 1.165) is 22.4 Å². The van der Waals surface area contributed by atoms with E-state index in [0.29, 0.717) is 48.5 Å². The molecule has 5 heterocycles. The van der Waals surface area contributed by atoms with E-state index in [4.69, 9.17) is 21.4 Å². The molecule has 1 unspecified atom stereocenters. The molecule has 0 bridgehead atoms. The number of aromatic carboxylic acids is 1. The van der Waals surface area contributed by atoms with E-state index in [-0.39, 0.29) is 88.1 Å². The fourth-order valence-electron chi connectivity index (χ4n) is 10.3. The molecule has 5 N–H and O–H groups in total. The number of nitrogens with one attached hydrogen (secondary N) is 3. The molecule has 2 atom stereocenters. The summed E-state index contributed by atoms with van der Waals surface area (Å²) in [4.78, 5) is 77.5. The minimum absolute atomic E-state index is 0.0153. The molecule has 4 aliphatic rings. The van der Waals surface area contributed by atoms with Crippen LogP contribution in [0.2, 0.25) is 5.02 Å². The van der Waals surface area contributed by atoms with Crippen molar-refractivity contribution in [3.63, 3.8) is 0 Å². The van der Waals surface area contributed by atoms with Gasteiger partial charge < -0.3 is 30.5 Å². The smallest absolute Gasteiger partial charge is 0.349 e. The first kappa shape index (κ1) is 49.3. The molecule has 0 saturated carbocycles. The van der Waals surface area contributed by atoms with Gasteiger partial charge in [0.15, 0.2) is 23.1 Å². The molecule has 4 aliphatic heterocycles. The second-order valence-corrected chi connectivity index (χ2v) is 21.9. The van der Waals surface area contributed by atoms with E-state index < -0.39 is 80.4 Å². The number of hydrogen-bond donors (Lipinski definition) is 5. The van der Waals surface area contributed by atoms with Crippen molar-refractivity contribution in [2.45, 2.75) is 81.7 Å². The Morgan fingerprint density at radius 1 is 0.930 bits per heavy atom. The molecule has 71 heavy (non-hydrogen) atoms. The highest BCUT2D eigenvalue weighted by atomic mass is 35.5. The number of urea groups is 1. The standard InChI is InChI=1S/C49H47ClF2N6O11S2/c1-49(2)22-27(53-33-8-4-7-31(41(33)52)43-40(50)42(69-23-38(60)61)44(70-43)47(64)65)17-20-57(49)71(67,68)24-25-9-11-32(51)34(21-25)54-48(66)56-18-15-26(16-19-56)28-10-12-35-39-29(28)5-3-6-30(39)46(63)58(35)36-13-14-37(59)55-45(36)62/h3-12,21,26-27,36,53H,13-20,22-24H2,1-2H3,(H,54,66)(H,60,61)(H,64,65)(H,55,59,62)/t27-,36?/m0/s1. The molecule has 1 aromatic heterocycles. The first-order chi connectivity index (χ1) is 33.7. The minimum atomic E-state index is -4.04. The maximum absolute atomic E-state index is 16.1. The molecular formula is C49H47ClF2N6O11S2. The molecule has 0 radical (unpaired) electrons. The molecule has 0 spiro atoms. The Labute approximate surface area is 414 Å². The van der Waals surface area contributed by atoms with Gasteiger partial charge in [0.25, 0.3) is 5.91 Å². The van der Waals surface area contributed by atoms with Gasteiger partial charge in [-0.05, 0) is 98.7 Å². The lowest BCUT2D eigenvalue weighted by molar-refractivity contribution is -0.139. The van der Waals surface area contributed by atoms with Crippen molar-refractivity contribution in [3.8, 4) is 16.2 Å². The molecule has 4 aromatic carbocycles. The maximum Gasteiger partial charge on any atom is 0.349 e. The van der Waals surface area contributed by atoms with Crippen LogP contribution in [0.1, 0.15) is 89.4 Å². The van der Waals surface area contributed by atoms with Crippen molar-refractivity contribution in [1.29, 1.82) is 0 Å². The lowest BCUT2D eigenvalue weighted by atomic mass is 9.85. The average Bonchev–Trinajstić information content (AvgIpc) is 3.80. The molecule has 22 heteroatoms. The lowest BCUT2D eigenvalue weighted by Gasteiger charge is -2.45. The number of halogens is 3. The van der Waals surface area contributed by atoms with E-state index in [1.807, 2.05) is 18.2 Å². The number of nitrogens with zero attached hydrogens (tertiary/aromatic N) is 3. The number of thiophene rings is 1. The quantitative estimate of drug-likeness (QED) is 0.0706. The SMILES string of the molecule is CC1(C)C[C@@H](Nc2cccc(-c3sc(C(=O)O)c(OCC(=O)O)c3Cl)c2F)CCN1S(=O)(=O)Cc1ccc(F)c(NC(=O)N2CCC(c3ccc4c5c(cccc35)C(=O)N4C3CCC(=O)NC3=O)CC2)c1. The third-order valence-electron chi connectivity index (χ3n) is 13.5. The molecule has 0 aliphatic carbocycles. The van der Waals surface area contributed by atoms with Gasteiger partial charge in [-0.1, -0.05) is 48.0 Å². The van der Waals surface area contributed by atoms with Crippen LogP contribution in [0.3, 0.4) is 0 Å². The maximum atomic E-state index is 16.1. The molecule has 3 fully saturated rings. The van der Waals surface area contributed by atoms with Gasteiger partial charge in [-0.3, -0.25) is 24.6 Å². The molecule has 5 aromatic rings. The van der Waals surface area contributed by atoms with Crippen LogP contribution in [0.15, 0.2) is 66.7 Å². The number of sulfonamides is 1. The molecular weight excluding hydrogens is 986 g/mol. The van der Waals surface area contributed by atoms with E-state index in [2.05, 4.69) is 16.0 Å². The first-order valence-electron chi connectivity index (χ1n) is 22.8. The fourth-order valence-corrected chi connectivity index (χ4v) is 13.7. The van der Waals surface area contributed by atoms with Crippen LogP contribution in [0.5, 0.6) is 5.75 Å². The van der Waals surface area contributed by atoms with Crippen LogP contribution < -0.4 is 25.6 Å². The van der Waals surface area contributed by atoms with Gasteiger partial charge >= 0.3 is 18.0 Å². The Kier molecular flexibility index (Phi) is 13.3. The van der Waals surface area contributed by atoms with E-state index in [9.17, 15) is 42.3 Å². The Morgan fingerprint density at radius 3 is 2.37 bits per heavy atom. The number of likely N-dealkylation sites (tertiary alicyclic amines) is 1. The number of rotatable bonds is 13. The van der Waals surface area contributed by atoms with Gasteiger partial charge in [-0.15, -0.1) is 11.3 Å². The highest BCUT2D eigenvalue weighted by Crippen LogP contribution is 2.48. The van der Waals surface area contributed by atoms with Gasteiger partial charge in [-0.2, -0.15) is 4.31 Å². The summed E-state index contributed by atoms with van der Waals surface area (Å²) < 4.78 is 66.0. The van der Waals surface area contributed by atoms with Crippen LogP contribution >= 0.6 is 22.9 Å². The number of carboxylic acid groups (broad SMARTS) is 2. The lowest BCUT2D eigenvalue weighted by Crippen LogP contribution is -2.55. The van der Waals surface area contributed by atoms with Crippen LogP contribution in [0.4, 0.5) is 30.6 Å². The normalized spacial score (nSPS) is 19.5. The molecule has 372 valence electrons. The van der Waals surface area contributed by atoms with E-state index in [1.54, 1.807) is 30.9 Å². The number of hydrogen-bond acceptors (Lipinski definition) is 11. The van der Waals surface area contributed by atoms with Gasteiger partial charge in [-0.25, -0.2) is 31.6 Å². The third-order valence-corrected chi connectivity index (χ3v) is 17.2. The summed E-state index contributed by atoms with van der Waals surface area (Å²) in [7, 11) is -4.04. The van der Waals surface area contributed by atoms with Gasteiger partial charge in [0.05, 0.1) is 27.7 Å². The number of carbonyl (C=O) groups excluding carboxylic acids is 4. The Bertz CT molecular complexity index is 3180. The van der Waals surface area contributed by atoms with Crippen LogP contribution in [-0.4, -0.2) is 107 Å². The fraction of sp³-hybridized carbons (Fsp3) is 0.347. The average molecular weight is 1030 g/mol. The van der Waals surface area contributed by atoms with Crippen LogP contribution in [0.25, 0.3) is 21.2 Å². The van der Waals surface area contributed by atoms with E-state index in [1.165, 1.54) is 39.5 Å². The first-order valence-corrected chi connectivity index (χ1v) is 25.6. The van der Waals surface area contributed by atoms with Crippen molar-refractivity contribution in [2.75, 3.05) is 41.8 Å². The topological polar surface area (TPSA) is 232 Å². The number of imide groups is 1. The summed E-state index contributed by atoms with van der Waals surface area (Å²) in [6, 6.07) is 15.6. The van der Waals surface area contributed by atoms with Gasteiger partial charge in [0.2, 0.25) is 21.8 Å². The van der Waals surface area contributed by atoms with Crippen molar-refractivity contribution in [3.05, 3.63) is 105 Å². The number of anilines is 3. The zero-order chi connectivity index (χ0) is 50.7. The van der Waals surface area contributed by atoms with Crippen molar-refractivity contribution < 1.29 is 60.9 Å². The Balaban J connectivity index is 0.824. The minimum Gasteiger partial charge on any atom is -0.479 e. The Hall–Kier alpha value is -6.68. The highest BCUT2D eigenvalue weighted by Gasteiger charge is 2.43. The number of carbonyl (C=O) groups is 6. The third kappa shape index (κ3) is 9.50. The second-order valence-electron chi connectivity index (χ2n) is 18.6. The molecule has 5 amide bonds. The predicted octanol–water partition coefficient (Wildman–Crippen LogP) is 8.02. The van der Waals surface area contributed by atoms with Crippen LogP contribution in [0, 0.1) is 11.6 Å². The molecule has 9 rings (SSSR count). The van der Waals surface area contributed by atoms with Crippen molar-refractivity contribution in [2.24, 2.45) is 0 Å². The number of aliphatic carboxylic acids is 1. The zero-order valence-electron chi connectivity index (χ0n) is 38.2. The molecule has 3 saturated heterocycles. The zero-order valence-corrected chi connectivity index (χ0v) is 40.6. The predicted molar refractivity (Wildman–Crippen MR) is 261 cm³/mol. The number of amides is 5. The van der Waals surface area contributed by atoms with E-state index >= 15 is 8.78 Å². The Morgan fingerprint density at radius 2 is 1.66 bits per heavy atom. The van der Waals surface area contributed by atoms with Gasteiger partial charge in [0, 0.05) is 54.1 Å². The summed E-state index contributed by atoms with van der Waals surface area (Å²) in [5.41, 5.74) is 1.17. The van der Waals surface area contributed by atoms with Crippen molar-refractivity contribution >= 4 is 96.5 Å². The summed E-state index contributed by atoms with van der Waals surface area (Å²) in [6.45, 7) is 3.34. The van der Waals surface area contributed by atoms with Crippen molar-refractivity contribution in [1.82, 2.24) is 14.5 Å². The number of piperidine rings is 3. The largest absolute Gasteiger partial charge is 0.479 e. The highest BCUT2D eigenvalue weighted by molar-refractivity contribution is 7.88. The van der Waals surface area contributed by atoms with Crippen LogP contribution in [-0.2, 0) is 30.2 Å². The summed E-state index contributed by atoms with van der Waals surface area (Å²) >= 11 is 7.05. The number of benzene rings is 4. The summed E-state index contributed by atoms with van der Waals surface area (Å²) in [5.74, 6) is -6.36. The molecule has 17 nitrogen and oxygen atoms in total. The summed E-state index contributed by atoms with van der Waals surface area (Å²) in [5, 5.41) is 28.2. The number of ether oxygens (including phenoxy) is 1. The van der Waals surface area contributed by atoms with Gasteiger partial charge in [0.1, 0.15) is 16.9 Å². The number of carboxylic acids is 2. The monoisotopic (exact) mass is 1030 g/mol. The second kappa shape index (κ2) is 19.2. The summed E-state index contributed by atoms with van der Waals surface area (Å²) in [6.07, 6.45) is 2.00.